The summed E-state index contributed by atoms with van der Waals surface area (Å²) < 4.78 is 11.8. The fourth-order valence-electron chi connectivity index (χ4n) is 1.47. The Hall–Kier alpha value is -1.59. The molecule has 0 atom stereocenters. The van der Waals surface area contributed by atoms with Crippen molar-refractivity contribution < 1.29 is 9.47 Å². The number of aromatic nitrogens is 3. The lowest BCUT2D eigenvalue weighted by Gasteiger charge is -2.05. The van der Waals surface area contributed by atoms with Crippen molar-refractivity contribution in [2.75, 3.05) is 14.2 Å². The summed E-state index contributed by atoms with van der Waals surface area (Å²) >= 11 is 5.79. The molecule has 1 aromatic carbocycles. The van der Waals surface area contributed by atoms with E-state index < -0.39 is 0 Å². The Labute approximate surface area is 104 Å². The quantitative estimate of drug-likeness (QED) is 0.837. The van der Waals surface area contributed by atoms with Gasteiger partial charge in [0.2, 0.25) is 5.28 Å². The molecule has 0 N–H and O–H groups in total. The number of hydrogen-bond donors (Lipinski definition) is 0. The lowest BCUT2D eigenvalue weighted by molar-refractivity contribution is 0.176. The molecule has 0 bridgehead atoms. The minimum absolute atomic E-state index is 0.202. The number of rotatable bonds is 4. The van der Waals surface area contributed by atoms with Crippen LogP contribution in [0.2, 0.25) is 5.28 Å². The van der Waals surface area contributed by atoms with E-state index in [4.69, 9.17) is 21.1 Å². The molecule has 17 heavy (non-hydrogen) atoms. The normalized spacial score (nSPS) is 10.5. The van der Waals surface area contributed by atoms with E-state index in [0.717, 1.165) is 11.4 Å². The number of ether oxygens (including phenoxy) is 2. The maximum Gasteiger partial charge on any atom is 0.243 e. The van der Waals surface area contributed by atoms with Crippen LogP contribution >= 0.6 is 11.6 Å². The third kappa shape index (κ3) is 2.57. The predicted octanol–water partition coefficient (Wildman–Crippen LogP) is 2.08. The first-order valence-electron chi connectivity index (χ1n) is 4.99. The minimum Gasteiger partial charge on any atom is -0.497 e. The van der Waals surface area contributed by atoms with Gasteiger partial charge >= 0.3 is 0 Å². The minimum atomic E-state index is 0.202. The van der Waals surface area contributed by atoms with E-state index in [1.165, 1.54) is 0 Å². The van der Waals surface area contributed by atoms with E-state index in [9.17, 15) is 0 Å². The second kappa shape index (κ2) is 5.16. The van der Waals surface area contributed by atoms with Gasteiger partial charge in [0.05, 0.1) is 12.8 Å². The molecule has 0 radical (unpaired) electrons. The van der Waals surface area contributed by atoms with Crippen molar-refractivity contribution in [3.63, 3.8) is 0 Å². The molecule has 0 aliphatic rings. The van der Waals surface area contributed by atoms with Gasteiger partial charge in [-0.25, -0.2) is 4.68 Å². The molecule has 0 aliphatic heterocycles. The molecule has 0 aliphatic carbocycles. The summed E-state index contributed by atoms with van der Waals surface area (Å²) in [5.41, 5.74) is 0.859. The fraction of sp³-hybridized carbons (Fsp3) is 0.273. The van der Waals surface area contributed by atoms with Gasteiger partial charge in [-0.15, -0.1) is 5.10 Å². The van der Waals surface area contributed by atoms with Gasteiger partial charge in [-0.05, 0) is 35.9 Å². The van der Waals surface area contributed by atoms with Crippen molar-refractivity contribution in [3.8, 4) is 11.4 Å². The highest BCUT2D eigenvalue weighted by atomic mass is 35.5. The fourth-order valence-corrected chi connectivity index (χ4v) is 1.64. The third-order valence-electron chi connectivity index (χ3n) is 2.24. The van der Waals surface area contributed by atoms with Gasteiger partial charge < -0.3 is 9.47 Å². The lowest BCUT2D eigenvalue weighted by Crippen LogP contribution is -2.04. The van der Waals surface area contributed by atoms with Crippen LogP contribution in [0.3, 0.4) is 0 Å². The van der Waals surface area contributed by atoms with Crippen LogP contribution < -0.4 is 4.74 Å². The Morgan fingerprint density at radius 1 is 1.24 bits per heavy atom. The maximum absolute atomic E-state index is 5.79. The lowest BCUT2D eigenvalue weighted by atomic mass is 10.3. The number of methoxy groups -OCH3 is 2. The van der Waals surface area contributed by atoms with Crippen molar-refractivity contribution in [3.05, 3.63) is 35.4 Å². The van der Waals surface area contributed by atoms with Crippen molar-refractivity contribution in [2.24, 2.45) is 0 Å². The largest absolute Gasteiger partial charge is 0.497 e. The molecule has 6 heteroatoms. The van der Waals surface area contributed by atoms with E-state index in [1.807, 2.05) is 24.3 Å². The Kier molecular flexibility index (Phi) is 3.61. The molecule has 2 aromatic rings. The van der Waals surface area contributed by atoms with Crippen LogP contribution in [0.5, 0.6) is 5.75 Å². The molecule has 0 saturated carbocycles. The monoisotopic (exact) mass is 253 g/mol. The molecule has 5 nitrogen and oxygen atoms in total. The van der Waals surface area contributed by atoms with Gasteiger partial charge in [-0.2, -0.15) is 4.98 Å². The van der Waals surface area contributed by atoms with Crippen LogP contribution in [-0.4, -0.2) is 29.0 Å². The van der Waals surface area contributed by atoms with Crippen LogP contribution in [0.25, 0.3) is 5.69 Å². The van der Waals surface area contributed by atoms with Crippen molar-refractivity contribution in [2.45, 2.75) is 6.61 Å². The van der Waals surface area contributed by atoms with E-state index in [2.05, 4.69) is 10.1 Å². The average Bonchev–Trinajstić information content (AvgIpc) is 2.71. The molecule has 0 fully saturated rings. The molecule has 0 unspecified atom stereocenters. The summed E-state index contributed by atoms with van der Waals surface area (Å²) in [4.78, 5) is 4.08. The third-order valence-corrected chi connectivity index (χ3v) is 2.40. The molecule has 90 valence electrons. The summed E-state index contributed by atoms with van der Waals surface area (Å²) in [5.74, 6) is 1.44. The van der Waals surface area contributed by atoms with Gasteiger partial charge in [-0.1, -0.05) is 0 Å². The first-order valence-corrected chi connectivity index (χ1v) is 5.37. The predicted molar refractivity (Wildman–Crippen MR) is 63.6 cm³/mol. The van der Waals surface area contributed by atoms with E-state index in [-0.39, 0.29) is 5.28 Å². The first kappa shape index (κ1) is 11.9. The maximum atomic E-state index is 5.79. The molecular weight excluding hydrogens is 242 g/mol. The number of benzene rings is 1. The van der Waals surface area contributed by atoms with E-state index >= 15 is 0 Å². The van der Waals surface area contributed by atoms with Gasteiger partial charge in [0, 0.05) is 7.11 Å². The van der Waals surface area contributed by atoms with Crippen LogP contribution in [0.1, 0.15) is 5.82 Å². The van der Waals surface area contributed by atoms with Crippen molar-refractivity contribution >= 4 is 11.6 Å². The van der Waals surface area contributed by atoms with E-state index in [1.54, 1.807) is 18.9 Å². The Balaban J connectivity index is 2.37. The number of halogens is 1. The Morgan fingerprint density at radius 3 is 2.53 bits per heavy atom. The van der Waals surface area contributed by atoms with Crippen LogP contribution in [0.15, 0.2) is 24.3 Å². The molecule has 1 aromatic heterocycles. The zero-order valence-corrected chi connectivity index (χ0v) is 10.3. The van der Waals surface area contributed by atoms with Crippen LogP contribution in [0.4, 0.5) is 0 Å². The smallest absolute Gasteiger partial charge is 0.243 e. The molecular formula is C11H12ClN3O2. The second-order valence-electron chi connectivity index (χ2n) is 3.34. The highest BCUT2D eigenvalue weighted by Gasteiger charge is 2.09. The average molecular weight is 254 g/mol. The number of hydrogen-bond acceptors (Lipinski definition) is 4. The Bertz CT molecular complexity index is 496. The number of nitrogens with zero attached hydrogens (tertiary/aromatic N) is 3. The molecule has 0 saturated heterocycles. The molecule has 0 spiro atoms. The summed E-state index contributed by atoms with van der Waals surface area (Å²) in [7, 11) is 3.22. The van der Waals surface area contributed by atoms with Crippen molar-refractivity contribution in [1.29, 1.82) is 0 Å². The van der Waals surface area contributed by atoms with Gasteiger partial charge in [0.25, 0.3) is 0 Å². The molecule has 0 amide bonds. The van der Waals surface area contributed by atoms with E-state index in [0.29, 0.717) is 12.4 Å². The highest BCUT2D eigenvalue weighted by molar-refractivity contribution is 6.28. The van der Waals surface area contributed by atoms with Gasteiger partial charge in [0.15, 0.2) is 5.82 Å². The topological polar surface area (TPSA) is 49.2 Å². The van der Waals surface area contributed by atoms with Gasteiger partial charge in [-0.3, -0.25) is 0 Å². The summed E-state index contributed by atoms with van der Waals surface area (Å²) in [6.07, 6.45) is 0. The first-order chi connectivity index (χ1) is 8.24. The van der Waals surface area contributed by atoms with Gasteiger partial charge in [0.1, 0.15) is 12.4 Å². The zero-order valence-electron chi connectivity index (χ0n) is 9.55. The summed E-state index contributed by atoms with van der Waals surface area (Å²) in [6.45, 7) is 0.353. The Morgan fingerprint density at radius 2 is 1.94 bits per heavy atom. The summed E-state index contributed by atoms with van der Waals surface area (Å²) in [6, 6.07) is 7.45. The second-order valence-corrected chi connectivity index (χ2v) is 3.68. The highest BCUT2D eigenvalue weighted by Crippen LogP contribution is 2.17. The van der Waals surface area contributed by atoms with Crippen LogP contribution in [-0.2, 0) is 11.3 Å². The standard InChI is InChI=1S/C11H12ClN3O2/c1-16-7-10-13-11(12)14-15(10)8-3-5-9(17-2)6-4-8/h3-6H,7H2,1-2H3. The molecule has 1 heterocycles. The molecule has 2 rings (SSSR count). The SMILES string of the molecule is COCc1nc(Cl)nn1-c1ccc(OC)cc1. The summed E-state index contributed by atoms with van der Waals surface area (Å²) in [5, 5.41) is 4.31. The zero-order chi connectivity index (χ0) is 12.3. The van der Waals surface area contributed by atoms with Crippen molar-refractivity contribution in [1.82, 2.24) is 14.8 Å². The van der Waals surface area contributed by atoms with Crippen LogP contribution in [0, 0.1) is 0 Å².